The minimum absolute atomic E-state index is 0.0793. The number of ether oxygens (including phenoxy) is 1. The maximum atomic E-state index is 12.2. The third kappa shape index (κ3) is 3.83. The fourth-order valence-electron chi connectivity index (χ4n) is 3.63. The van der Waals surface area contributed by atoms with E-state index in [-0.39, 0.29) is 12.5 Å². The van der Waals surface area contributed by atoms with E-state index in [1.165, 1.54) is 5.56 Å². The van der Waals surface area contributed by atoms with Crippen LogP contribution in [-0.2, 0) is 9.53 Å². The van der Waals surface area contributed by atoms with Crippen LogP contribution in [0.25, 0.3) is 22.2 Å². The number of aromatic nitrogens is 2. The van der Waals surface area contributed by atoms with Gasteiger partial charge in [0.15, 0.2) is 0 Å². The molecule has 1 aliphatic heterocycles. The van der Waals surface area contributed by atoms with Gasteiger partial charge in [-0.05, 0) is 49.2 Å². The van der Waals surface area contributed by atoms with Crippen LogP contribution < -0.4 is 0 Å². The predicted octanol–water partition coefficient (Wildman–Crippen LogP) is 3.65. The predicted molar refractivity (Wildman–Crippen MR) is 105 cm³/mol. The number of benzene rings is 1. The van der Waals surface area contributed by atoms with Crippen molar-refractivity contribution in [3.05, 3.63) is 60.4 Å². The van der Waals surface area contributed by atoms with Gasteiger partial charge in [0.1, 0.15) is 6.61 Å². The molecule has 4 rings (SSSR count). The largest absolute Gasteiger partial charge is 0.372 e. The van der Waals surface area contributed by atoms with Gasteiger partial charge in [-0.3, -0.25) is 14.8 Å². The van der Waals surface area contributed by atoms with E-state index in [1.807, 2.05) is 30.2 Å². The molecule has 3 aromatic rings. The van der Waals surface area contributed by atoms with E-state index >= 15 is 0 Å². The van der Waals surface area contributed by atoms with Gasteiger partial charge >= 0.3 is 0 Å². The van der Waals surface area contributed by atoms with Crippen molar-refractivity contribution in [3.63, 3.8) is 0 Å². The summed E-state index contributed by atoms with van der Waals surface area (Å²) in [6.45, 7) is 4.18. The van der Waals surface area contributed by atoms with Crippen LogP contribution in [0.4, 0.5) is 0 Å². The summed E-state index contributed by atoms with van der Waals surface area (Å²) in [6.07, 6.45) is 4.64. The first-order chi connectivity index (χ1) is 13.2. The van der Waals surface area contributed by atoms with Gasteiger partial charge in [0.25, 0.3) is 0 Å². The molecular weight excluding hydrogens is 338 g/mol. The van der Waals surface area contributed by atoms with Crippen molar-refractivity contribution in [2.45, 2.75) is 19.3 Å². The van der Waals surface area contributed by atoms with E-state index in [2.05, 4.69) is 40.3 Å². The number of hydrogen-bond acceptors (Lipinski definition) is 4. The zero-order valence-electron chi connectivity index (χ0n) is 15.5. The molecule has 3 heterocycles. The zero-order chi connectivity index (χ0) is 18.6. The van der Waals surface area contributed by atoms with Gasteiger partial charge in [-0.15, -0.1) is 0 Å². The van der Waals surface area contributed by atoms with E-state index < -0.39 is 0 Å². The molecule has 0 N–H and O–H groups in total. The van der Waals surface area contributed by atoms with Crippen molar-refractivity contribution >= 4 is 16.8 Å². The lowest BCUT2D eigenvalue weighted by Gasteiger charge is -2.17. The number of rotatable bonds is 5. The van der Waals surface area contributed by atoms with E-state index in [0.29, 0.717) is 12.5 Å². The molecule has 138 valence electrons. The van der Waals surface area contributed by atoms with Gasteiger partial charge in [0, 0.05) is 49.0 Å². The average molecular weight is 361 g/mol. The Hall–Kier alpha value is -2.79. The molecule has 1 aliphatic rings. The number of amides is 1. The Kier molecular flexibility index (Phi) is 5.12. The number of pyridine rings is 2. The normalized spacial score (nSPS) is 16.8. The average Bonchev–Trinajstić information content (AvgIpc) is 3.22. The SMILES string of the molecule is CCOCC(=O)N1CC[C@@H](c2ccnc(-c3ccc4ncccc4c3)c2)C1. The molecular formula is C22H23N3O2. The van der Waals surface area contributed by atoms with Crippen molar-refractivity contribution in [1.82, 2.24) is 14.9 Å². The van der Waals surface area contributed by atoms with Crippen LogP contribution in [0.15, 0.2) is 54.9 Å². The zero-order valence-corrected chi connectivity index (χ0v) is 15.5. The van der Waals surface area contributed by atoms with Gasteiger partial charge in [-0.1, -0.05) is 12.1 Å². The summed E-state index contributed by atoms with van der Waals surface area (Å²) in [6, 6.07) is 14.4. The molecule has 5 heteroatoms. The number of carbonyl (C=O) groups excluding carboxylic acids is 1. The van der Waals surface area contributed by atoms with Crippen LogP contribution in [0.1, 0.15) is 24.8 Å². The molecule has 1 saturated heterocycles. The van der Waals surface area contributed by atoms with Crippen molar-refractivity contribution in [2.75, 3.05) is 26.3 Å². The molecule has 0 spiro atoms. The smallest absolute Gasteiger partial charge is 0.248 e. The highest BCUT2D eigenvalue weighted by molar-refractivity contribution is 5.83. The first-order valence-electron chi connectivity index (χ1n) is 9.41. The lowest BCUT2D eigenvalue weighted by Crippen LogP contribution is -2.31. The lowest BCUT2D eigenvalue weighted by molar-refractivity contribution is -0.134. The summed E-state index contributed by atoms with van der Waals surface area (Å²) in [5.41, 5.74) is 4.26. The van der Waals surface area contributed by atoms with Gasteiger partial charge in [-0.2, -0.15) is 0 Å². The standard InChI is InChI=1S/C22H23N3O2/c1-2-27-15-22(26)25-11-8-19(14-25)16-7-10-24-21(13-16)18-5-6-20-17(12-18)4-3-9-23-20/h3-7,9-10,12-13,19H,2,8,11,14-15H2,1H3/t19-/m1/s1. The van der Waals surface area contributed by atoms with Crippen molar-refractivity contribution in [1.29, 1.82) is 0 Å². The highest BCUT2D eigenvalue weighted by Crippen LogP contribution is 2.30. The van der Waals surface area contributed by atoms with Gasteiger partial charge in [0.05, 0.1) is 11.2 Å². The monoisotopic (exact) mass is 361 g/mol. The third-order valence-corrected chi connectivity index (χ3v) is 5.12. The van der Waals surface area contributed by atoms with E-state index in [0.717, 1.165) is 41.7 Å². The second-order valence-electron chi connectivity index (χ2n) is 6.85. The minimum Gasteiger partial charge on any atom is -0.372 e. The third-order valence-electron chi connectivity index (χ3n) is 5.12. The summed E-state index contributed by atoms with van der Waals surface area (Å²) < 4.78 is 5.25. The summed E-state index contributed by atoms with van der Waals surface area (Å²) in [5, 5.41) is 1.11. The molecule has 1 amide bonds. The Labute approximate surface area is 159 Å². The Balaban J connectivity index is 1.53. The lowest BCUT2D eigenvalue weighted by atomic mass is 9.97. The van der Waals surface area contributed by atoms with E-state index in [4.69, 9.17) is 4.74 Å². The Morgan fingerprint density at radius 1 is 1.19 bits per heavy atom. The number of hydrogen-bond donors (Lipinski definition) is 0. The molecule has 0 saturated carbocycles. The molecule has 0 unspecified atom stereocenters. The summed E-state index contributed by atoms with van der Waals surface area (Å²) >= 11 is 0. The second-order valence-corrected chi connectivity index (χ2v) is 6.85. The van der Waals surface area contributed by atoms with Gasteiger partial charge in [0.2, 0.25) is 5.91 Å². The van der Waals surface area contributed by atoms with Crippen molar-refractivity contribution < 1.29 is 9.53 Å². The molecule has 0 radical (unpaired) electrons. The molecule has 1 fully saturated rings. The number of fused-ring (bicyclic) bond motifs is 1. The van der Waals surface area contributed by atoms with Crippen molar-refractivity contribution in [3.8, 4) is 11.3 Å². The van der Waals surface area contributed by atoms with Crippen LogP contribution in [-0.4, -0.2) is 47.1 Å². The molecule has 0 bridgehead atoms. The Morgan fingerprint density at radius 3 is 3.00 bits per heavy atom. The van der Waals surface area contributed by atoms with Crippen LogP contribution in [0.3, 0.4) is 0 Å². The highest BCUT2D eigenvalue weighted by Gasteiger charge is 2.27. The van der Waals surface area contributed by atoms with Crippen LogP contribution in [0, 0.1) is 0 Å². The molecule has 0 aliphatic carbocycles. The number of likely N-dealkylation sites (tertiary alicyclic amines) is 1. The molecule has 5 nitrogen and oxygen atoms in total. The Morgan fingerprint density at radius 2 is 2.11 bits per heavy atom. The molecule has 2 aromatic heterocycles. The fraction of sp³-hybridized carbons (Fsp3) is 0.318. The Bertz CT molecular complexity index is 957. The summed E-state index contributed by atoms with van der Waals surface area (Å²) in [7, 11) is 0. The van der Waals surface area contributed by atoms with Gasteiger partial charge < -0.3 is 9.64 Å². The molecule has 27 heavy (non-hydrogen) atoms. The number of nitrogens with zero attached hydrogens (tertiary/aromatic N) is 3. The van der Waals surface area contributed by atoms with E-state index in [1.54, 1.807) is 6.20 Å². The molecule has 1 atom stereocenters. The fourth-order valence-corrected chi connectivity index (χ4v) is 3.63. The van der Waals surface area contributed by atoms with Crippen molar-refractivity contribution in [2.24, 2.45) is 0 Å². The minimum atomic E-state index is 0.0793. The summed E-state index contributed by atoms with van der Waals surface area (Å²) in [5.74, 6) is 0.426. The maximum absolute atomic E-state index is 12.2. The second kappa shape index (κ2) is 7.84. The first kappa shape index (κ1) is 17.6. The highest BCUT2D eigenvalue weighted by atomic mass is 16.5. The van der Waals surface area contributed by atoms with E-state index in [9.17, 15) is 4.79 Å². The quantitative estimate of drug-likeness (QED) is 0.696. The maximum Gasteiger partial charge on any atom is 0.248 e. The first-order valence-corrected chi connectivity index (χ1v) is 9.41. The van der Waals surface area contributed by atoms with Crippen LogP contribution in [0.5, 0.6) is 0 Å². The van der Waals surface area contributed by atoms with Crippen LogP contribution >= 0.6 is 0 Å². The van der Waals surface area contributed by atoms with Gasteiger partial charge in [-0.25, -0.2) is 0 Å². The topological polar surface area (TPSA) is 55.3 Å². The molecule has 1 aromatic carbocycles. The summed E-state index contributed by atoms with van der Waals surface area (Å²) in [4.78, 5) is 23.0. The number of carbonyl (C=O) groups is 1. The van der Waals surface area contributed by atoms with Crippen LogP contribution in [0.2, 0.25) is 0 Å².